The van der Waals surface area contributed by atoms with Gasteiger partial charge in [0.15, 0.2) is 5.78 Å². The van der Waals surface area contributed by atoms with Crippen LogP contribution in [0.25, 0.3) is 0 Å². The summed E-state index contributed by atoms with van der Waals surface area (Å²) in [6, 6.07) is 3.56. The minimum atomic E-state index is -4.84. The Morgan fingerprint density at radius 1 is 1.26 bits per heavy atom. The number of benzene rings is 1. The van der Waals surface area contributed by atoms with Crippen molar-refractivity contribution in [2.75, 3.05) is 58.0 Å². The highest BCUT2D eigenvalue weighted by Gasteiger charge is 2.41. The Labute approximate surface area is 200 Å². The van der Waals surface area contributed by atoms with Crippen molar-refractivity contribution in [3.63, 3.8) is 0 Å². The monoisotopic (exact) mass is 494 g/mol. The average Bonchev–Trinajstić information content (AvgIpc) is 3.04. The van der Waals surface area contributed by atoms with Crippen molar-refractivity contribution in [1.29, 1.82) is 5.26 Å². The van der Waals surface area contributed by atoms with E-state index in [2.05, 4.69) is 5.32 Å². The molecule has 1 aromatic carbocycles. The number of nitrogens with one attached hydrogen (secondary N) is 1. The lowest BCUT2D eigenvalue weighted by Gasteiger charge is -2.35. The number of ketones is 1. The van der Waals surface area contributed by atoms with Crippen molar-refractivity contribution < 1.29 is 37.0 Å². The van der Waals surface area contributed by atoms with Gasteiger partial charge >= 0.3 is 6.18 Å². The van der Waals surface area contributed by atoms with E-state index in [0.717, 1.165) is 12.1 Å². The first-order valence-electron chi connectivity index (χ1n) is 10.8. The fraction of sp³-hybridized carbons (Fsp3) is 0.478. The summed E-state index contributed by atoms with van der Waals surface area (Å²) in [5.74, 6) is -1.71. The van der Waals surface area contributed by atoms with Gasteiger partial charge in [-0.1, -0.05) is 0 Å². The molecule has 1 fully saturated rings. The Hall–Kier alpha value is -3.11. The maximum atomic E-state index is 13.4. The first-order chi connectivity index (χ1) is 16.6. The van der Waals surface area contributed by atoms with E-state index in [1.165, 1.54) is 20.1 Å². The molecule has 2 heterocycles. The number of ether oxygens (including phenoxy) is 2. The summed E-state index contributed by atoms with van der Waals surface area (Å²) in [5, 5.41) is 12.1. The zero-order valence-electron chi connectivity index (χ0n) is 19.3. The zero-order valence-corrected chi connectivity index (χ0v) is 19.3. The SMILES string of the molecule is COCCOCC(=O)C1CNCCN1CC1=C(C)C(=O)N(c2ccc(C#N)c(C(F)(F)F)c2)C1=O. The van der Waals surface area contributed by atoms with Crippen LogP contribution in [0.15, 0.2) is 29.3 Å². The molecule has 3 rings (SSSR count). The summed E-state index contributed by atoms with van der Waals surface area (Å²) >= 11 is 0. The number of halogens is 3. The molecule has 0 aromatic heterocycles. The summed E-state index contributed by atoms with van der Waals surface area (Å²) in [4.78, 5) is 41.2. The van der Waals surface area contributed by atoms with Crippen molar-refractivity contribution in [2.24, 2.45) is 0 Å². The minimum absolute atomic E-state index is 0.0223. The number of anilines is 1. The highest BCUT2D eigenvalue weighted by atomic mass is 19.4. The van der Waals surface area contributed by atoms with Crippen molar-refractivity contribution in [1.82, 2.24) is 10.2 Å². The number of hydrogen-bond acceptors (Lipinski definition) is 8. The number of imide groups is 1. The predicted molar refractivity (Wildman–Crippen MR) is 117 cm³/mol. The van der Waals surface area contributed by atoms with E-state index in [1.54, 1.807) is 4.90 Å². The van der Waals surface area contributed by atoms with Crippen LogP contribution < -0.4 is 10.2 Å². The van der Waals surface area contributed by atoms with Crippen LogP contribution in [0.4, 0.5) is 18.9 Å². The Morgan fingerprint density at radius 3 is 2.66 bits per heavy atom. The smallest absolute Gasteiger partial charge is 0.382 e. The third-order valence-electron chi connectivity index (χ3n) is 5.89. The molecule has 9 nitrogen and oxygen atoms in total. The van der Waals surface area contributed by atoms with E-state index in [9.17, 15) is 27.6 Å². The maximum Gasteiger partial charge on any atom is 0.417 e. The molecule has 12 heteroatoms. The Balaban J connectivity index is 1.80. The van der Waals surface area contributed by atoms with Gasteiger partial charge in [-0.2, -0.15) is 18.4 Å². The first kappa shape index (κ1) is 26.5. The van der Waals surface area contributed by atoms with Gasteiger partial charge in [-0.05, 0) is 25.1 Å². The number of rotatable bonds is 9. The van der Waals surface area contributed by atoms with Gasteiger partial charge in [-0.3, -0.25) is 19.3 Å². The Morgan fingerprint density at radius 2 is 2.00 bits per heavy atom. The van der Waals surface area contributed by atoms with E-state index in [0.29, 0.717) is 37.2 Å². The molecule has 0 radical (unpaired) electrons. The molecular formula is C23H25F3N4O5. The lowest BCUT2D eigenvalue weighted by atomic mass is 10.1. The van der Waals surface area contributed by atoms with Crippen LogP contribution in [0.1, 0.15) is 18.1 Å². The minimum Gasteiger partial charge on any atom is -0.382 e. The van der Waals surface area contributed by atoms with Crippen LogP contribution in [-0.2, 0) is 30.0 Å². The van der Waals surface area contributed by atoms with Gasteiger partial charge in [-0.25, -0.2) is 4.90 Å². The molecule has 0 spiro atoms. The average molecular weight is 494 g/mol. The van der Waals surface area contributed by atoms with Crippen molar-refractivity contribution >= 4 is 23.3 Å². The molecule has 1 N–H and O–H groups in total. The van der Waals surface area contributed by atoms with Gasteiger partial charge in [0.25, 0.3) is 11.8 Å². The predicted octanol–water partition coefficient (Wildman–Crippen LogP) is 1.27. The van der Waals surface area contributed by atoms with Gasteiger partial charge in [0.05, 0.1) is 42.1 Å². The number of carbonyl (C=O) groups is 3. The maximum absolute atomic E-state index is 13.4. The van der Waals surface area contributed by atoms with Crippen molar-refractivity contribution in [3.05, 3.63) is 40.5 Å². The second-order valence-electron chi connectivity index (χ2n) is 8.09. The third kappa shape index (κ3) is 5.76. The van der Waals surface area contributed by atoms with E-state index >= 15 is 0 Å². The largest absolute Gasteiger partial charge is 0.417 e. The second-order valence-corrected chi connectivity index (χ2v) is 8.09. The lowest BCUT2D eigenvalue weighted by Crippen LogP contribution is -2.56. The molecule has 1 atom stereocenters. The lowest BCUT2D eigenvalue weighted by molar-refractivity contribution is -0.138. The van der Waals surface area contributed by atoms with Crippen molar-refractivity contribution in [2.45, 2.75) is 19.1 Å². The molecule has 2 aliphatic rings. The summed E-state index contributed by atoms with van der Waals surface area (Å²) in [6.07, 6.45) is -4.84. The van der Waals surface area contributed by atoms with Gasteiger partial charge in [0.1, 0.15) is 6.61 Å². The molecule has 1 unspecified atom stereocenters. The first-order valence-corrected chi connectivity index (χ1v) is 10.8. The number of hydrogen-bond donors (Lipinski definition) is 1. The molecule has 1 aromatic rings. The summed E-state index contributed by atoms with van der Waals surface area (Å²) < 4.78 is 50.4. The summed E-state index contributed by atoms with van der Waals surface area (Å²) in [5.41, 5.74) is -1.92. The standard InChI is InChI=1S/C23H25F3N4O5/c1-14-17(12-29-6-5-28-11-19(29)20(31)13-35-8-7-34-2)22(33)30(21(14)32)16-4-3-15(10-27)18(9-16)23(24,25)26/h3-4,9,19,28H,5-8,11-13H2,1-2H3. The van der Waals surface area contributed by atoms with Gasteiger partial charge in [0, 0.05) is 44.4 Å². The van der Waals surface area contributed by atoms with Crippen molar-refractivity contribution in [3.8, 4) is 6.07 Å². The fourth-order valence-corrected chi connectivity index (χ4v) is 3.98. The second kappa shape index (κ2) is 11.1. The fourth-order valence-electron chi connectivity index (χ4n) is 3.98. The van der Waals surface area contributed by atoms with E-state index < -0.39 is 35.2 Å². The molecule has 1 saturated heterocycles. The number of alkyl halides is 3. The quantitative estimate of drug-likeness (QED) is 0.404. The molecule has 35 heavy (non-hydrogen) atoms. The molecule has 2 amide bonds. The number of nitrogens with zero attached hydrogens (tertiary/aromatic N) is 3. The third-order valence-corrected chi connectivity index (χ3v) is 5.89. The molecule has 188 valence electrons. The highest BCUT2D eigenvalue weighted by molar-refractivity contribution is 6.32. The van der Waals surface area contributed by atoms with Gasteiger partial charge in [0.2, 0.25) is 0 Å². The van der Waals surface area contributed by atoms with Gasteiger partial charge < -0.3 is 14.8 Å². The van der Waals surface area contributed by atoms with Gasteiger partial charge in [-0.15, -0.1) is 0 Å². The number of piperazine rings is 1. The normalized spacial score (nSPS) is 19.4. The number of amides is 2. The molecule has 0 aliphatic carbocycles. The van der Waals surface area contributed by atoms with Crippen LogP contribution in [0.3, 0.4) is 0 Å². The van der Waals surface area contributed by atoms with E-state index in [1.807, 2.05) is 0 Å². The Kier molecular flexibility index (Phi) is 8.39. The molecule has 0 saturated carbocycles. The van der Waals surface area contributed by atoms with E-state index in [4.69, 9.17) is 14.7 Å². The van der Waals surface area contributed by atoms with Crippen LogP contribution in [-0.4, -0.2) is 81.6 Å². The van der Waals surface area contributed by atoms with Crippen LogP contribution in [0.5, 0.6) is 0 Å². The number of nitriles is 1. The topological polar surface area (TPSA) is 112 Å². The number of methoxy groups -OCH3 is 1. The number of carbonyl (C=O) groups excluding carboxylic acids is 3. The van der Waals surface area contributed by atoms with E-state index in [-0.39, 0.29) is 42.4 Å². The van der Waals surface area contributed by atoms with Crippen LogP contribution in [0, 0.1) is 11.3 Å². The van der Waals surface area contributed by atoms with Crippen LogP contribution in [0.2, 0.25) is 0 Å². The summed E-state index contributed by atoms with van der Waals surface area (Å²) in [7, 11) is 1.51. The highest BCUT2D eigenvalue weighted by Crippen LogP contribution is 2.36. The zero-order chi connectivity index (χ0) is 25.8. The Bertz CT molecular complexity index is 1080. The molecule has 0 bridgehead atoms. The molecular weight excluding hydrogens is 469 g/mol. The number of Topliss-reactive ketones (excluding diaryl/α,β-unsaturated/α-hetero) is 1. The van der Waals surface area contributed by atoms with Crippen LogP contribution >= 0.6 is 0 Å². The summed E-state index contributed by atoms with van der Waals surface area (Å²) in [6.45, 7) is 3.15. The molecule has 2 aliphatic heterocycles.